The SMILES string of the molecule is O=C(/N=C(\Nc1cc(-c2ccc(F)cc2)n[nH]1)NC1CCC1)c1ccc(Cl)c(F)c1. The molecule has 0 unspecified atom stereocenters. The van der Waals surface area contributed by atoms with Crippen molar-refractivity contribution in [3.8, 4) is 11.3 Å². The molecule has 0 spiro atoms. The van der Waals surface area contributed by atoms with Crippen molar-refractivity contribution >= 4 is 29.3 Å². The van der Waals surface area contributed by atoms with Crippen molar-refractivity contribution in [2.75, 3.05) is 5.32 Å². The molecule has 9 heteroatoms. The number of benzene rings is 2. The number of halogens is 3. The Morgan fingerprint density at radius 2 is 1.90 bits per heavy atom. The van der Waals surface area contributed by atoms with Crippen molar-refractivity contribution in [3.63, 3.8) is 0 Å². The van der Waals surface area contributed by atoms with Gasteiger partial charge < -0.3 is 10.6 Å². The Bertz CT molecular complexity index is 1090. The van der Waals surface area contributed by atoms with E-state index in [-0.39, 0.29) is 28.4 Å². The minimum absolute atomic E-state index is 0.0627. The zero-order chi connectivity index (χ0) is 21.1. The van der Waals surface area contributed by atoms with Crippen LogP contribution in [-0.2, 0) is 0 Å². The number of anilines is 1. The van der Waals surface area contributed by atoms with E-state index in [1.54, 1.807) is 18.2 Å². The number of carbonyl (C=O) groups excluding carboxylic acids is 1. The van der Waals surface area contributed by atoms with Crippen LogP contribution < -0.4 is 10.6 Å². The first-order chi connectivity index (χ1) is 14.5. The summed E-state index contributed by atoms with van der Waals surface area (Å²) < 4.78 is 26.8. The predicted octanol–water partition coefficient (Wildman–Crippen LogP) is 4.76. The third-order valence-electron chi connectivity index (χ3n) is 4.80. The molecule has 1 saturated carbocycles. The summed E-state index contributed by atoms with van der Waals surface area (Å²) in [5, 5.41) is 13.2. The molecule has 2 aromatic carbocycles. The van der Waals surface area contributed by atoms with Gasteiger partial charge in [0.15, 0.2) is 0 Å². The van der Waals surface area contributed by atoms with Crippen molar-refractivity contribution < 1.29 is 13.6 Å². The Kier molecular flexibility index (Phi) is 5.76. The van der Waals surface area contributed by atoms with Gasteiger partial charge in [-0.1, -0.05) is 11.6 Å². The molecule has 3 aromatic rings. The molecule has 1 aromatic heterocycles. The second kappa shape index (κ2) is 8.62. The number of guanidine groups is 1. The summed E-state index contributed by atoms with van der Waals surface area (Å²) in [5.41, 5.74) is 1.42. The maximum atomic E-state index is 13.7. The largest absolute Gasteiger partial charge is 0.353 e. The molecular weight excluding hydrogens is 412 g/mol. The van der Waals surface area contributed by atoms with Crippen molar-refractivity contribution in [2.24, 2.45) is 4.99 Å². The van der Waals surface area contributed by atoms with E-state index in [9.17, 15) is 13.6 Å². The molecule has 1 heterocycles. The fraction of sp³-hybridized carbons (Fsp3) is 0.190. The summed E-state index contributed by atoms with van der Waals surface area (Å²) in [4.78, 5) is 16.6. The van der Waals surface area contributed by atoms with Crippen LogP contribution in [0, 0.1) is 11.6 Å². The molecule has 0 aliphatic heterocycles. The molecule has 1 fully saturated rings. The summed E-state index contributed by atoms with van der Waals surface area (Å²) in [5.74, 6) is -0.900. The lowest BCUT2D eigenvalue weighted by molar-refractivity contribution is 0.100. The molecule has 1 aliphatic rings. The Labute approximate surface area is 176 Å². The second-order valence-corrected chi connectivity index (χ2v) is 7.37. The van der Waals surface area contributed by atoms with Crippen LogP contribution in [-0.4, -0.2) is 28.1 Å². The van der Waals surface area contributed by atoms with E-state index >= 15 is 0 Å². The fourth-order valence-electron chi connectivity index (χ4n) is 2.92. The van der Waals surface area contributed by atoms with Crippen LogP contribution in [0.2, 0.25) is 5.02 Å². The van der Waals surface area contributed by atoms with E-state index in [0.717, 1.165) is 30.9 Å². The van der Waals surface area contributed by atoms with Gasteiger partial charge in [-0.15, -0.1) is 0 Å². The highest BCUT2D eigenvalue weighted by Crippen LogP contribution is 2.21. The lowest BCUT2D eigenvalue weighted by Gasteiger charge is -2.28. The normalized spacial score (nSPS) is 14.3. The van der Waals surface area contributed by atoms with E-state index in [0.29, 0.717) is 11.5 Å². The Hall–Kier alpha value is -3.26. The number of hydrogen-bond acceptors (Lipinski definition) is 2. The van der Waals surface area contributed by atoms with Gasteiger partial charge in [0.1, 0.15) is 17.5 Å². The molecule has 3 N–H and O–H groups in total. The number of hydrogen-bond donors (Lipinski definition) is 3. The predicted molar refractivity (Wildman–Crippen MR) is 112 cm³/mol. The Balaban J connectivity index is 1.55. The Morgan fingerprint density at radius 3 is 2.57 bits per heavy atom. The van der Waals surface area contributed by atoms with E-state index in [1.807, 2.05) is 0 Å². The lowest BCUT2D eigenvalue weighted by atomic mass is 9.93. The number of aromatic amines is 1. The Morgan fingerprint density at radius 1 is 1.13 bits per heavy atom. The highest BCUT2D eigenvalue weighted by molar-refractivity contribution is 6.30. The van der Waals surface area contributed by atoms with Gasteiger partial charge in [0.2, 0.25) is 5.96 Å². The number of carbonyl (C=O) groups is 1. The molecule has 0 radical (unpaired) electrons. The third-order valence-corrected chi connectivity index (χ3v) is 5.10. The summed E-state index contributed by atoms with van der Waals surface area (Å²) in [6.45, 7) is 0. The van der Waals surface area contributed by atoms with Gasteiger partial charge in [-0.25, -0.2) is 8.78 Å². The first-order valence-electron chi connectivity index (χ1n) is 9.41. The zero-order valence-corrected chi connectivity index (χ0v) is 16.5. The fourth-order valence-corrected chi connectivity index (χ4v) is 3.04. The average molecular weight is 430 g/mol. The number of rotatable bonds is 4. The summed E-state index contributed by atoms with van der Waals surface area (Å²) in [6, 6.07) is 11.7. The maximum Gasteiger partial charge on any atom is 0.280 e. The molecule has 30 heavy (non-hydrogen) atoms. The molecule has 154 valence electrons. The minimum atomic E-state index is -0.684. The van der Waals surface area contributed by atoms with E-state index in [1.165, 1.54) is 24.3 Å². The van der Waals surface area contributed by atoms with Gasteiger partial charge in [-0.2, -0.15) is 10.1 Å². The number of aliphatic imine (C=N–C) groups is 1. The van der Waals surface area contributed by atoms with Crippen LogP contribution in [0.1, 0.15) is 29.6 Å². The minimum Gasteiger partial charge on any atom is -0.353 e. The first-order valence-corrected chi connectivity index (χ1v) is 9.79. The highest BCUT2D eigenvalue weighted by atomic mass is 35.5. The van der Waals surface area contributed by atoms with Crippen LogP contribution >= 0.6 is 11.6 Å². The number of nitrogens with zero attached hydrogens (tertiary/aromatic N) is 2. The van der Waals surface area contributed by atoms with Crippen LogP contribution in [0.3, 0.4) is 0 Å². The summed E-state index contributed by atoms with van der Waals surface area (Å²) in [6.07, 6.45) is 3.03. The third kappa shape index (κ3) is 4.65. The van der Waals surface area contributed by atoms with E-state index < -0.39 is 11.7 Å². The molecule has 0 bridgehead atoms. The van der Waals surface area contributed by atoms with Crippen LogP contribution in [0.4, 0.5) is 14.6 Å². The van der Waals surface area contributed by atoms with Crippen molar-refractivity contribution in [3.05, 3.63) is 70.8 Å². The number of H-pyrrole nitrogens is 1. The average Bonchev–Trinajstić information content (AvgIpc) is 3.15. The molecular formula is C21H18ClF2N5O. The van der Waals surface area contributed by atoms with Crippen molar-refractivity contribution in [1.29, 1.82) is 0 Å². The van der Waals surface area contributed by atoms with Gasteiger partial charge in [0, 0.05) is 23.2 Å². The van der Waals surface area contributed by atoms with Crippen LogP contribution in [0.25, 0.3) is 11.3 Å². The van der Waals surface area contributed by atoms with Crippen LogP contribution in [0.15, 0.2) is 53.5 Å². The monoisotopic (exact) mass is 429 g/mol. The summed E-state index contributed by atoms with van der Waals surface area (Å²) in [7, 11) is 0. The topological polar surface area (TPSA) is 82.2 Å². The summed E-state index contributed by atoms with van der Waals surface area (Å²) >= 11 is 5.68. The van der Waals surface area contributed by atoms with Crippen molar-refractivity contribution in [1.82, 2.24) is 15.5 Å². The number of aromatic nitrogens is 2. The number of nitrogens with one attached hydrogen (secondary N) is 3. The molecule has 6 nitrogen and oxygen atoms in total. The van der Waals surface area contributed by atoms with E-state index in [2.05, 4.69) is 25.8 Å². The smallest absolute Gasteiger partial charge is 0.280 e. The molecule has 1 aliphatic carbocycles. The zero-order valence-electron chi connectivity index (χ0n) is 15.8. The van der Waals surface area contributed by atoms with Crippen LogP contribution in [0.5, 0.6) is 0 Å². The quantitative estimate of drug-likeness (QED) is 0.412. The standard InChI is InChI=1S/C21H18ClF2N5O/c22-16-9-6-13(10-17(16)24)20(30)27-21(25-15-2-1-3-15)26-19-11-18(28-29-19)12-4-7-14(23)8-5-12/h4-11,15H,1-3H2,(H3,25,26,27,28,29,30). The van der Waals surface area contributed by atoms with Gasteiger partial charge >= 0.3 is 0 Å². The molecule has 4 rings (SSSR count). The maximum absolute atomic E-state index is 13.7. The van der Waals surface area contributed by atoms with Gasteiger partial charge in [-0.05, 0) is 61.7 Å². The van der Waals surface area contributed by atoms with Gasteiger partial charge in [0.25, 0.3) is 5.91 Å². The molecule has 0 saturated heterocycles. The lowest BCUT2D eigenvalue weighted by Crippen LogP contribution is -2.43. The molecule has 0 atom stereocenters. The molecule has 1 amide bonds. The first kappa shape index (κ1) is 20.0. The number of amides is 1. The van der Waals surface area contributed by atoms with Gasteiger partial charge in [-0.3, -0.25) is 9.89 Å². The second-order valence-electron chi connectivity index (χ2n) is 6.97. The van der Waals surface area contributed by atoms with Crippen molar-refractivity contribution in [2.45, 2.75) is 25.3 Å². The van der Waals surface area contributed by atoms with Gasteiger partial charge in [0.05, 0.1) is 10.7 Å². The highest BCUT2D eigenvalue weighted by Gasteiger charge is 2.20. The van der Waals surface area contributed by atoms with E-state index in [4.69, 9.17) is 11.6 Å².